The fourth-order valence-electron chi connectivity index (χ4n) is 2.05. The van der Waals surface area contributed by atoms with Gasteiger partial charge in [-0.1, -0.05) is 54.6 Å². The maximum Gasteiger partial charge on any atom is 0.273 e. The van der Waals surface area contributed by atoms with Crippen LogP contribution in [-0.4, -0.2) is 11.0 Å². The summed E-state index contributed by atoms with van der Waals surface area (Å²) in [7, 11) is 0. The second kappa shape index (κ2) is 5.27. The van der Waals surface area contributed by atoms with Crippen molar-refractivity contribution in [2.75, 3.05) is 0 Å². The lowest BCUT2D eigenvalue weighted by molar-refractivity contribution is -0.115. The van der Waals surface area contributed by atoms with Crippen LogP contribution in [0.3, 0.4) is 0 Å². The van der Waals surface area contributed by atoms with Crippen molar-refractivity contribution in [2.45, 2.75) is 0 Å². The third-order valence-electron chi connectivity index (χ3n) is 3.05. The van der Waals surface area contributed by atoms with Gasteiger partial charge in [-0.25, -0.2) is 0 Å². The Morgan fingerprint density at radius 2 is 1.50 bits per heavy atom. The molecule has 0 saturated carbocycles. The van der Waals surface area contributed by atoms with Crippen LogP contribution in [0.25, 0.3) is 17.2 Å². The van der Waals surface area contributed by atoms with Crippen molar-refractivity contribution in [1.82, 2.24) is 10.6 Å². The predicted molar refractivity (Wildman–Crippen MR) is 83.7 cm³/mol. The van der Waals surface area contributed by atoms with Gasteiger partial charge in [-0.3, -0.25) is 10.1 Å². The molecule has 98 valence electrons. The lowest BCUT2D eigenvalue weighted by Crippen LogP contribution is -2.21. The molecule has 2 aromatic rings. The van der Waals surface area contributed by atoms with Gasteiger partial charge in [0.05, 0.1) is 0 Å². The van der Waals surface area contributed by atoms with Gasteiger partial charge in [0.25, 0.3) is 5.91 Å². The van der Waals surface area contributed by atoms with Crippen molar-refractivity contribution in [3.05, 3.63) is 65.9 Å². The molecule has 2 aromatic carbocycles. The molecule has 0 radical (unpaired) electrons. The average Bonchev–Trinajstić information content (AvgIpc) is 2.79. The fraction of sp³-hybridized carbons (Fsp3) is 0. The summed E-state index contributed by atoms with van der Waals surface area (Å²) in [5, 5.41) is 5.72. The van der Waals surface area contributed by atoms with Gasteiger partial charge >= 0.3 is 0 Å². The van der Waals surface area contributed by atoms with Crippen LogP contribution < -0.4 is 10.6 Å². The second-order valence-electron chi connectivity index (χ2n) is 4.45. The van der Waals surface area contributed by atoms with E-state index in [1.54, 1.807) is 6.08 Å². The van der Waals surface area contributed by atoms with Crippen LogP contribution in [0.15, 0.2) is 60.3 Å². The molecule has 1 heterocycles. The molecule has 1 fully saturated rings. The molecule has 2 N–H and O–H groups in total. The van der Waals surface area contributed by atoms with Crippen molar-refractivity contribution in [3.63, 3.8) is 0 Å². The van der Waals surface area contributed by atoms with Crippen molar-refractivity contribution < 1.29 is 4.79 Å². The van der Waals surface area contributed by atoms with Gasteiger partial charge in [-0.15, -0.1) is 0 Å². The van der Waals surface area contributed by atoms with Crippen LogP contribution in [0.4, 0.5) is 0 Å². The first-order valence-corrected chi connectivity index (χ1v) is 6.63. The van der Waals surface area contributed by atoms with Gasteiger partial charge in [0.1, 0.15) is 5.70 Å². The van der Waals surface area contributed by atoms with Gasteiger partial charge in [-0.2, -0.15) is 0 Å². The van der Waals surface area contributed by atoms with Crippen LogP contribution >= 0.6 is 12.2 Å². The number of nitrogens with one attached hydrogen (secondary N) is 2. The highest BCUT2D eigenvalue weighted by molar-refractivity contribution is 7.80. The summed E-state index contributed by atoms with van der Waals surface area (Å²) >= 11 is 4.89. The van der Waals surface area contributed by atoms with E-state index >= 15 is 0 Å². The van der Waals surface area contributed by atoms with Gasteiger partial charge in [0, 0.05) is 0 Å². The number of carbonyl (C=O) groups excluding carboxylic acids is 1. The molecular formula is C16H12N2OS. The lowest BCUT2D eigenvalue weighted by Gasteiger charge is -2.02. The first-order valence-electron chi connectivity index (χ1n) is 6.22. The van der Waals surface area contributed by atoms with E-state index in [9.17, 15) is 4.79 Å². The van der Waals surface area contributed by atoms with Crippen LogP contribution in [0.1, 0.15) is 5.56 Å². The number of rotatable bonds is 2. The summed E-state index contributed by atoms with van der Waals surface area (Å²) in [6, 6.07) is 18.2. The Morgan fingerprint density at radius 3 is 2.10 bits per heavy atom. The Bertz CT molecular complexity index is 690. The molecule has 1 amide bonds. The molecular weight excluding hydrogens is 268 g/mol. The number of amides is 1. The minimum absolute atomic E-state index is 0.192. The molecule has 20 heavy (non-hydrogen) atoms. The molecule has 3 nitrogen and oxygen atoms in total. The van der Waals surface area contributed by atoms with Gasteiger partial charge in [0.15, 0.2) is 5.11 Å². The summed E-state index contributed by atoms with van der Waals surface area (Å²) in [6.07, 6.45) is 1.78. The zero-order valence-corrected chi connectivity index (χ0v) is 11.4. The maximum absolute atomic E-state index is 11.5. The fourth-order valence-corrected chi connectivity index (χ4v) is 2.25. The van der Waals surface area contributed by atoms with Gasteiger partial charge in [0.2, 0.25) is 0 Å². The van der Waals surface area contributed by atoms with Gasteiger partial charge in [-0.05, 0) is 35.0 Å². The van der Waals surface area contributed by atoms with E-state index in [2.05, 4.69) is 22.8 Å². The minimum Gasteiger partial charge on any atom is -0.328 e. The third kappa shape index (κ3) is 2.60. The zero-order chi connectivity index (χ0) is 13.9. The number of benzene rings is 2. The van der Waals surface area contributed by atoms with E-state index in [1.807, 2.05) is 42.5 Å². The Labute approximate surface area is 122 Å². The lowest BCUT2D eigenvalue weighted by atomic mass is 10.0. The van der Waals surface area contributed by atoms with E-state index in [0.717, 1.165) is 11.1 Å². The van der Waals surface area contributed by atoms with E-state index in [0.29, 0.717) is 10.8 Å². The first-order chi connectivity index (χ1) is 9.72. The molecule has 3 rings (SSSR count). The summed E-state index contributed by atoms with van der Waals surface area (Å²) in [5.74, 6) is -0.192. The van der Waals surface area contributed by atoms with Crippen molar-refractivity contribution in [2.24, 2.45) is 0 Å². The maximum atomic E-state index is 11.5. The first kappa shape index (κ1) is 12.6. The molecule has 0 bridgehead atoms. The minimum atomic E-state index is -0.192. The van der Waals surface area contributed by atoms with Crippen molar-refractivity contribution >= 4 is 29.3 Å². The van der Waals surface area contributed by atoms with Gasteiger partial charge < -0.3 is 5.32 Å². The van der Waals surface area contributed by atoms with Crippen LogP contribution in [-0.2, 0) is 4.79 Å². The average molecular weight is 280 g/mol. The quantitative estimate of drug-likeness (QED) is 0.656. The van der Waals surface area contributed by atoms with Crippen LogP contribution in [0.2, 0.25) is 0 Å². The van der Waals surface area contributed by atoms with Crippen molar-refractivity contribution in [3.8, 4) is 11.1 Å². The molecule has 0 aromatic heterocycles. The molecule has 0 atom stereocenters. The molecule has 0 spiro atoms. The Kier molecular flexibility index (Phi) is 3.31. The normalized spacial score (nSPS) is 16.1. The highest BCUT2D eigenvalue weighted by atomic mass is 32.1. The highest BCUT2D eigenvalue weighted by Gasteiger charge is 2.19. The van der Waals surface area contributed by atoms with E-state index < -0.39 is 0 Å². The number of hydrogen-bond acceptors (Lipinski definition) is 2. The van der Waals surface area contributed by atoms with E-state index in [-0.39, 0.29) is 5.91 Å². The largest absolute Gasteiger partial charge is 0.328 e. The summed E-state index contributed by atoms with van der Waals surface area (Å²) < 4.78 is 0. The highest BCUT2D eigenvalue weighted by Crippen LogP contribution is 2.20. The molecule has 0 unspecified atom stereocenters. The summed E-state index contributed by atoms with van der Waals surface area (Å²) in [4.78, 5) is 11.5. The monoisotopic (exact) mass is 280 g/mol. The SMILES string of the molecule is O=C1NC(=S)N/C1=C/c1ccc(-c2ccccc2)cc1. The molecule has 1 aliphatic rings. The second-order valence-corrected chi connectivity index (χ2v) is 4.86. The predicted octanol–water partition coefficient (Wildman–Crippen LogP) is 2.70. The van der Waals surface area contributed by atoms with E-state index in [4.69, 9.17) is 12.2 Å². The Morgan fingerprint density at radius 1 is 0.850 bits per heavy atom. The van der Waals surface area contributed by atoms with Crippen LogP contribution in [0, 0.1) is 0 Å². The molecule has 4 heteroatoms. The molecule has 1 saturated heterocycles. The zero-order valence-electron chi connectivity index (χ0n) is 10.6. The topological polar surface area (TPSA) is 41.1 Å². The molecule has 1 aliphatic heterocycles. The molecule has 0 aliphatic carbocycles. The van der Waals surface area contributed by atoms with Crippen LogP contribution in [0.5, 0.6) is 0 Å². The summed E-state index contributed by atoms with van der Waals surface area (Å²) in [6.45, 7) is 0. The number of hydrogen-bond donors (Lipinski definition) is 2. The summed E-state index contributed by atoms with van der Waals surface area (Å²) in [5.41, 5.74) is 3.74. The smallest absolute Gasteiger partial charge is 0.273 e. The number of carbonyl (C=O) groups is 1. The number of thiocarbonyl (C=S) groups is 1. The third-order valence-corrected chi connectivity index (χ3v) is 3.25. The Hall–Kier alpha value is -2.46. The Balaban J connectivity index is 1.86. The van der Waals surface area contributed by atoms with E-state index in [1.165, 1.54) is 5.56 Å². The van der Waals surface area contributed by atoms with Crippen molar-refractivity contribution in [1.29, 1.82) is 0 Å². The standard InChI is InChI=1S/C16H12N2OS/c19-15-14(17-16(20)18-15)10-11-6-8-13(9-7-11)12-4-2-1-3-5-12/h1-10H,(H2,17,18,19,20)/b14-10+.